The second-order valence-electron chi connectivity index (χ2n) is 5.90. The molecule has 1 unspecified atom stereocenters. The van der Waals surface area contributed by atoms with Gasteiger partial charge in [0.25, 0.3) is 0 Å². The van der Waals surface area contributed by atoms with Crippen LogP contribution in [0, 0.1) is 0 Å². The quantitative estimate of drug-likeness (QED) is 0.885. The molecule has 2 aliphatic rings. The van der Waals surface area contributed by atoms with Gasteiger partial charge in [-0.2, -0.15) is 5.10 Å². The van der Waals surface area contributed by atoms with Gasteiger partial charge in [-0.25, -0.2) is 0 Å². The van der Waals surface area contributed by atoms with E-state index in [1.807, 2.05) is 17.0 Å². The predicted molar refractivity (Wildman–Crippen MR) is 81.1 cm³/mol. The van der Waals surface area contributed by atoms with Gasteiger partial charge in [0.05, 0.1) is 6.04 Å². The van der Waals surface area contributed by atoms with E-state index in [1.165, 1.54) is 0 Å². The molecule has 1 amide bonds. The Labute approximate surface area is 125 Å². The van der Waals surface area contributed by atoms with Crippen LogP contribution in [0.15, 0.2) is 18.3 Å². The number of amides is 1. The first-order valence-electron chi connectivity index (χ1n) is 7.78. The van der Waals surface area contributed by atoms with Gasteiger partial charge in [-0.05, 0) is 44.4 Å². The fourth-order valence-corrected chi connectivity index (χ4v) is 3.26. The maximum atomic E-state index is 12.4. The minimum Gasteiger partial charge on any atom is -0.355 e. The maximum Gasteiger partial charge on any atom is 0.239 e. The Morgan fingerprint density at radius 1 is 1.38 bits per heavy atom. The van der Waals surface area contributed by atoms with Gasteiger partial charge in [0.15, 0.2) is 5.82 Å². The summed E-state index contributed by atoms with van der Waals surface area (Å²) in [5.74, 6) is 1.19. The molecule has 0 aromatic carbocycles. The van der Waals surface area contributed by atoms with Crippen LogP contribution in [-0.2, 0) is 4.79 Å². The summed E-state index contributed by atoms with van der Waals surface area (Å²) < 4.78 is 0. The highest BCUT2D eigenvalue weighted by Crippen LogP contribution is 2.21. The van der Waals surface area contributed by atoms with Gasteiger partial charge in [-0.15, -0.1) is 5.10 Å². The van der Waals surface area contributed by atoms with E-state index in [9.17, 15) is 4.79 Å². The largest absolute Gasteiger partial charge is 0.355 e. The molecule has 0 radical (unpaired) electrons. The number of nitrogens with one attached hydrogen (secondary N) is 1. The van der Waals surface area contributed by atoms with Crippen LogP contribution in [0.2, 0.25) is 0 Å². The van der Waals surface area contributed by atoms with E-state index in [4.69, 9.17) is 0 Å². The molecule has 114 valence electrons. The summed E-state index contributed by atoms with van der Waals surface area (Å²) in [6.07, 6.45) is 5.77. The normalized spacial score (nSPS) is 23.3. The van der Waals surface area contributed by atoms with Crippen LogP contribution in [0.4, 0.5) is 5.82 Å². The number of piperidine rings is 1. The van der Waals surface area contributed by atoms with Crippen LogP contribution in [0.5, 0.6) is 0 Å². The molecule has 0 saturated carbocycles. The third-order valence-corrected chi connectivity index (χ3v) is 4.60. The van der Waals surface area contributed by atoms with Crippen molar-refractivity contribution in [3.8, 4) is 0 Å². The van der Waals surface area contributed by atoms with E-state index < -0.39 is 0 Å². The van der Waals surface area contributed by atoms with Crippen molar-refractivity contribution < 1.29 is 4.79 Å². The summed E-state index contributed by atoms with van der Waals surface area (Å²) in [4.78, 5) is 16.6. The van der Waals surface area contributed by atoms with Crippen molar-refractivity contribution in [2.75, 3.05) is 31.6 Å². The van der Waals surface area contributed by atoms with Crippen LogP contribution in [-0.4, -0.2) is 59.8 Å². The zero-order valence-corrected chi connectivity index (χ0v) is 12.5. The van der Waals surface area contributed by atoms with Crippen molar-refractivity contribution in [1.82, 2.24) is 20.4 Å². The zero-order chi connectivity index (χ0) is 14.7. The van der Waals surface area contributed by atoms with Crippen LogP contribution in [0.3, 0.4) is 0 Å². The third kappa shape index (κ3) is 3.15. The van der Waals surface area contributed by atoms with Gasteiger partial charge in [0.1, 0.15) is 0 Å². The van der Waals surface area contributed by atoms with Crippen molar-refractivity contribution in [2.45, 2.75) is 37.8 Å². The van der Waals surface area contributed by atoms with Crippen LogP contribution in [0.25, 0.3) is 0 Å². The molecule has 0 aliphatic carbocycles. The molecule has 1 aromatic rings. The number of hydrogen-bond acceptors (Lipinski definition) is 5. The Morgan fingerprint density at radius 2 is 2.19 bits per heavy atom. The van der Waals surface area contributed by atoms with Crippen LogP contribution in [0.1, 0.15) is 25.7 Å². The molecular formula is C15H23N5O. The fraction of sp³-hybridized carbons (Fsp3) is 0.667. The number of anilines is 1. The summed E-state index contributed by atoms with van der Waals surface area (Å²) in [6, 6.07) is 4.37. The Morgan fingerprint density at radius 3 is 2.81 bits per heavy atom. The van der Waals surface area contributed by atoms with Gasteiger partial charge >= 0.3 is 0 Å². The number of hydrogen-bond donors (Lipinski definition) is 1. The van der Waals surface area contributed by atoms with Crippen molar-refractivity contribution in [3.63, 3.8) is 0 Å². The lowest BCUT2D eigenvalue weighted by molar-refractivity contribution is -0.134. The van der Waals surface area contributed by atoms with Crippen LogP contribution < -0.4 is 10.2 Å². The molecule has 3 rings (SSSR count). The average molecular weight is 289 g/mol. The molecule has 6 heteroatoms. The second kappa shape index (κ2) is 6.39. The number of nitrogens with zero attached hydrogens (tertiary/aromatic N) is 4. The van der Waals surface area contributed by atoms with E-state index in [1.54, 1.807) is 6.20 Å². The summed E-state index contributed by atoms with van der Waals surface area (Å²) in [5, 5.41) is 11.4. The first-order valence-corrected chi connectivity index (χ1v) is 7.78. The average Bonchev–Trinajstić information content (AvgIpc) is 3.09. The monoisotopic (exact) mass is 289 g/mol. The summed E-state index contributed by atoms with van der Waals surface area (Å²) >= 11 is 0. The lowest BCUT2D eigenvalue weighted by Crippen LogP contribution is -2.50. The van der Waals surface area contributed by atoms with Gasteiger partial charge in [-0.3, -0.25) is 4.79 Å². The van der Waals surface area contributed by atoms with E-state index in [0.29, 0.717) is 6.04 Å². The molecule has 0 spiro atoms. The van der Waals surface area contributed by atoms with E-state index in [2.05, 4.69) is 27.5 Å². The van der Waals surface area contributed by atoms with Crippen molar-refractivity contribution in [3.05, 3.63) is 18.3 Å². The molecule has 1 atom stereocenters. The SMILES string of the molecule is CN(c1cccnn1)C1CCN(C(=O)C2CCCN2)CC1. The standard InChI is InChI=1S/C15H23N5O/c1-19(14-5-3-9-17-18-14)12-6-10-20(11-7-12)15(21)13-4-2-8-16-13/h3,5,9,12-13,16H,2,4,6-8,10-11H2,1H3. The number of carbonyl (C=O) groups is 1. The molecule has 3 heterocycles. The smallest absolute Gasteiger partial charge is 0.239 e. The third-order valence-electron chi connectivity index (χ3n) is 4.60. The highest BCUT2D eigenvalue weighted by Gasteiger charge is 2.31. The molecule has 6 nitrogen and oxygen atoms in total. The second-order valence-corrected chi connectivity index (χ2v) is 5.90. The molecule has 1 aromatic heterocycles. The molecular weight excluding hydrogens is 266 g/mol. The predicted octanol–water partition coefficient (Wildman–Crippen LogP) is 0.656. The Bertz CT molecular complexity index is 466. The van der Waals surface area contributed by atoms with Crippen molar-refractivity contribution in [2.24, 2.45) is 0 Å². The minimum atomic E-state index is 0.0549. The zero-order valence-electron chi connectivity index (χ0n) is 12.5. The van der Waals surface area contributed by atoms with E-state index >= 15 is 0 Å². The maximum absolute atomic E-state index is 12.4. The highest BCUT2D eigenvalue weighted by atomic mass is 16.2. The highest BCUT2D eigenvalue weighted by molar-refractivity contribution is 5.82. The molecule has 1 N–H and O–H groups in total. The molecule has 0 bridgehead atoms. The molecule has 21 heavy (non-hydrogen) atoms. The van der Waals surface area contributed by atoms with Gasteiger partial charge in [-0.1, -0.05) is 0 Å². The summed E-state index contributed by atoms with van der Waals surface area (Å²) in [7, 11) is 2.06. The molecule has 2 aliphatic heterocycles. The number of aromatic nitrogens is 2. The Balaban J connectivity index is 1.54. The van der Waals surface area contributed by atoms with Gasteiger partial charge < -0.3 is 15.1 Å². The van der Waals surface area contributed by atoms with Crippen LogP contribution >= 0.6 is 0 Å². The Kier molecular flexibility index (Phi) is 4.34. The lowest BCUT2D eigenvalue weighted by atomic mass is 10.0. The summed E-state index contributed by atoms with van der Waals surface area (Å²) in [6.45, 7) is 2.65. The molecule has 2 fully saturated rings. The van der Waals surface area contributed by atoms with Gasteiger partial charge in [0, 0.05) is 32.4 Å². The van der Waals surface area contributed by atoms with Crippen molar-refractivity contribution in [1.29, 1.82) is 0 Å². The summed E-state index contributed by atoms with van der Waals surface area (Å²) in [5.41, 5.74) is 0. The number of likely N-dealkylation sites (tertiary alicyclic amines) is 1. The topological polar surface area (TPSA) is 61.4 Å². The van der Waals surface area contributed by atoms with Crippen molar-refractivity contribution >= 4 is 11.7 Å². The Hall–Kier alpha value is -1.69. The molecule has 2 saturated heterocycles. The van der Waals surface area contributed by atoms with E-state index in [-0.39, 0.29) is 11.9 Å². The fourth-order valence-electron chi connectivity index (χ4n) is 3.26. The lowest BCUT2D eigenvalue weighted by Gasteiger charge is -2.38. The first-order chi connectivity index (χ1) is 10.3. The number of carbonyl (C=O) groups excluding carboxylic acids is 1. The first kappa shape index (κ1) is 14.3. The minimum absolute atomic E-state index is 0.0549. The van der Waals surface area contributed by atoms with E-state index in [0.717, 1.165) is 51.1 Å². The van der Waals surface area contributed by atoms with Gasteiger partial charge in [0.2, 0.25) is 5.91 Å². The number of rotatable bonds is 3.